The highest BCUT2D eigenvalue weighted by molar-refractivity contribution is 5.96. The third-order valence-electron chi connectivity index (χ3n) is 2.70. The zero-order valence-corrected chi connectivity index (χ0v) is 11.3. The summed E-state index contributed by atoms with van der Waals surface area (Å²) in [4.78, 5) is 23.0. The van der Waals surface area contributed by atoms with E-state index in [9.17, 15) is 9.59 Å². The van der Waals surface area contributed by atoms with Crippen LogP contribution in [0.15, 0.2) is 30.3 Å². The summed E-state index contributed by atoms with van der Waals surface area (Å²) in [6, 6.07) is 7.58. The smallest absolute Gasteiger partial charge is 0.326 e. The SMILES string of the molecule is CC(=N)NCCC[C@H](NC(=O)c1ccccc1)C(=O)O. The Balaban J connectivity index is 2.49. The van der Waals surface area contributed by atoms with Gasteiger partial charge in [0.15, 0.2) is 0 Å². The molecule has 20 heavy (non-hydrogen) atoms. The van der Waals surface area contributed by atoms with Crippen molar-refractivity contribution in [1.82, 2.24) is 10.6 Å². The first-order valence-electron chi connectivity index (χ1n) is 6.38. The maximum absolute atomic E-state index is 11.9. The second-order valence-corrected chi connectivity index (χ2v) is 4.42. The summed E-state index contributed by atoms with van der Waals surface area (Å²) in [5, 5.41) is 21.6. The fraction of sp³-hybridized carbons (Fsp3) is 0.357. The first-order valence-corrected chi connectivity index (χ1v) is 6.38. The lowest BCUT2D eigenvalue weighted by Crippen LogP contribution is -2.41. The molecule has 4 N–H and O–H groups in total. The maximum Gasteiger partial charge on any atom is 0.326 e. The number of rotatable bonds is 7. The summed E-state index contributed by atoms with van der Waals surface area (Å²) in [6.45, 7) is 2.13. The lowest BCUT2D eigenvalue weighted by molar-refractivity contribution is -0.139. The van der Waals surface area contributed by atoms with E-state index in [2.05, 4.69) is 10.6 Å². The molecule has 0 heterocycles. The van der Waals surface area contributed by atoms with E-state index in [1.165, 1.54) is 0 Å². The average molecular weight is 277 g/mol. The molecule has 0 spiro atoms. The van der Waals surface area contributed by atoms with Crippen molar-refractivity contribution in [2.24, 2.45) is 0 Å². The number of amides is 1. The number of nitrogens with one attached hydrogen (secondary N) is 3. The molecule has 1 atom stereocenters. The van der Waals surface area contributed by atoms with Gasteiger partial charge in [0.1, 0.15) is 6.04 Å². The van der Waals surface area contributed by atoms with E-state index in [0.717, 1.165) is 0 Å². The van der Waals surface area contributed by atoms with E-state index >= 15 is 0 Å². The van der Waals surface area contributed by atoms with Crippen LogP contribution in [0.1, 0.15) is 30.1 Å². The molecule has 0 radical (unpaired) electrons. The van der Waals surface area contributed by atoms with E-state index in [-0.39, 0.29) is 0 Å². The molecule has 0 aliphatic heterocycles. The Bertz CT molecular complexity index is 474. The highest BCUT2D eigenvalue weighted by Crippen LogP contribution is 2.02. The number of carbonyl (C=O) groups is 2. The molecular weight excluding hydrogens is 258 g/mol. The molecule has 0 aromatic heterocycles. The van der Waals surface area contributed by atoms with Crippen molar-refractivity contribution < 1.29 is 14.7 Å². The zero-order chi connectivity index (χ0) is 15.0. The maximum atomic E-state index is 11.9. The van der Waals surface area contributed by atoms with E-state index in [1.807, 2.05) is 0 Å². The summed E-state index contributed by atoms with van der Waals surface area (Å²) in [6.07, 6.45) is 0.871. The van der Waals surface area contributed by atoms with Gasteiger partial charge in [0, 0.05) is 12.1 Å². The molecule has 1 rings (SSSR count). The predicted octanol–water partition coefficient (Wildman–Crippen LogP) is 1.24. The van der Waals surface area contributed by atoms with Crippen molar-refractivity contribution in [3.05, 3.63) is 35.9 Å². The second kappa shape index (κ2) is 7.93. The minimum absolute atomic E-state index is 0.314. The lowest BCUT2D eigenvalue weighted by Gasteiger charge is -2.14. The molecule has 1 aromatic carbocycles. The Labute approximate surface area is 117 Å². The number of benzene rings is 1. The Hall–Kier alpha value is -2.37. The largest absolute Gasteiger partial charge is 0.480 e. The summed E-state index contributed by atoms with van der Waals surface area (Å²) >= 11 is 0. The van der Waals surface area contributed by atoms with Gasteiger partial charge in [-0.15, -0.1) is 0 Å². The van der Waals surface area contributed by atoms with Gasteiger partial charge in [-0.1, -0.05) is 18.2 Å². The quantitative estimate of drug-likeness (QED) is 0.342. The van der Waals surface area contributed by atoms with Crippen LogP contribution in [0.5, 0.6) is 0 Å². The number of carboxylic acid groups (broad SMARTS) is 1. The van der Waals surface area contributed by atoms with Crippen LogP contribution in [0.2, 0.25) is 0 Å². The van der Waals surface area contributed by atoms with Crippen molar-refractivity contribution in [2.75, 3.05) is 6.54 Å². The Morgan fingerprint density at radius 1 is 1.30 bits per heavy atom. The van der Waals surface area contributed by atoms with Crippen LogP contribution in [-0.4, -0.2) is 35.4 Å². The van der Waals surface area contributed by atoms with Gasteiger partial charge >= 0.3 is 5.97 Å². The molecule has 1 amide bonds. The molecule has 6 nitrogen and oxygen atoms in total. The number of aliphatic carboxylic acids is 1. The van der Waals surface area contributed by atoms with Crippen LogP contribution in [0.3, 0.4) is 0 Å². The zero-order valence-electron chi connectivity index (χ0n) is 11.3. The Morgan fingerprint density at radius 2 is 1.95 bits per heavy atom. The summed E-state index contributed by atoms with van der Waals surface area (Å²) in [5.74, 6) is -1.11. The minimum atomic E-state index is -1.05. The summed E-state index contributed by atoms with van der Waals surface area (Å²) < 4.78 is 0. The Morgan fingerprint density at radius 3 is 2.50 bits per heavy atom. The summed E-state index contributed by atoms with van der Waals surface area (Å²) in [7, 11) is 0. The Kier molecular flexibility index (Phi) is 6.22. The third kappa shape index (κ3) is 5.51. The van der Waals surface area contributed by atoms with Crippen molar-refractivity contribution in [2.45, 2.75) is 25.8 Å². The van der Waals surface area contributed by atoms with Crippen molar-refractivity contribution in [3.63, 3.8) is 0 Å². The van der Waals surface area contributed by atoms with Crippen LogP contribution in [-0.2, 0) is 4.79 Å². The van der Waals surface area contributed by atoms with Gasteiger partial charge in [0.2, 0.25) is 0 Å². The molecule has 6 heteroatoms. The fourth-order valence-corrected chi connectivity index (χ4v) is 1.67. The van der Waals surface area contributed by atoms with E-state index in [4.69, 9.17) is 10.5 Å². The number of hydrogen-bond acceptors (Lipinski definition) is 3. The third-order valence-corrected chi connectivity index (χ3v) is 2.70. The highest BCUT2D eigenvalue weighted by Gasteiger charge is 2.19. The van der Waals surface area contributed by atoms with E-state index in [1.54, 1.807) is 37.3 Å². The van der Waals surface area contributed by atoms with Crippen LogP contribution < -0.4 is 10.6 Å². The van der Waals surface area contributed by atoms with Crippen molar-refractivity contribution in [3.8, 4) is 0 Å². The normalized spacial score (nSPS) is 11.4. The lowest BCUT2D eigenvalue weighted by atomic mass is 10.1. The molecule has 0 unspecified atom stereocenters. The molecule has 0 saturated carbocycles. The second-order valence-electron chi connectivity index (χ2n) is 4.42. The van der Waals surface area contributed by atoms with Crippen molar-refractivity contribution >= 4 is 17.7 Å². The van der Waals surface area contributed by atoms with E-state index < -0.39 is 17.9 Å². The van der Waals surface area contributed by atoms with Crippen LogP contribution in [0.25, 0.3) is 0 Å². The number of hydrogen-bond donors (Lipinski definition) is 4. The van der Waals surface area contributed by atoms with E-state index in [0.29, 0.717) is 30.8 Å². The van der Waals surface area contributed by atoms with Crippen LogP contribution >= 0.6 is 0 Å². The molecule has 0 aliphatic carbocycles. The van der Waals surface area contributed by atoms with Gasteiger partial charge in [0.25, 0.3) is 5.91 Å². The molecule has 0 bridgehead atoms. The molecule has 0 saturated heterocycles. The van der Waals surface area contributed by atoms with Gasteiger partial charge in [-0.2, -0.15) is 0 Å². The first kappa shape index (κ1) is 15.7. The monoisotopic (exact) mass is 277 g/mol. The van der Waals surface area contributed by atoms with Crippen LogP contribution in [0.4, 0.5) is 0 Å². The molecular formula is C14H19N3O3. The molecule has 108 valence electrons. The number of carboxylic acids is 1. The predicted molar refractivity (Wildman–Crippen MR) is 76.0 cm³/mol. The highest BCUT2D eigenvalue weighted by atomic mass is 16.4. The van der Waals surface area contributed by atoms with Crippen LogP contribution in [0, 0.1) is 5.41 Å². The molecule has 0 aliphatic rings. The average Bonchev–Trinajstić information content (AvgIpc) is 2.42. The van der Waals surface area contributed by atoms with Gasteiger partial charge in [-0.3, -0.25) is 10.2 Å². The van der Waals surface area contributed by atoms with Gasteiger partial charge in [-0.25, -0.2) is 4.79 Å². The topological polar surface area (TPSA) is 102 Å². The standard InChI is InChI=1S/C14H19N3O3/c1-10(15)16-9-5-8-12(14(19)20)17-13(18)11-6-3-2-4-7-11/h2-4,6-7,12H,5,8-9H2,1H3,(H2,15,16)(H,17,18)(H,19,20)/t12-/m0/s1. The van der Waals surface area contributed by atoms with Gasteiger partial charge in [-0.05, 0) is 31.9 Å². The first-order chi connectivity index (χ1) is 9.50. The minimum Gasteiger partial charge on any atom is -0.480 e. The van der Waals surface area contributed by atoms with Gasteiger partial charge < -0.3 is 15.7 Å². The van der Waals surface area contributed by atoms with Crippen molar-refractivity contribution in [1.29, 1.82) is 5.41 Å². The molecule has 0 fully saturated rings. The van der Waals surface area contributed by atoms with Gasteiger partial charge in [0.05, 0.1) is 5.84 Å². The fourth-order valence-electron chi connectivity index (χ4n) is 1.67. The summed E-state index contributed by atoms with van der Waals surface area (Å²) in [5.41, 5.74) is 0.437. The molecule has 1 aromatic rings. The number of amidine groups is 1. The number of carbonyl (C=O) groups excluding carboxylic acids is 1.